The van der Waals surface area contributed by atoms with Crippen molar-refractivity contribution < 1.29 is 0 Å². The highest BCUT2D eigenvalue weighted by Crippen LogP contribution is 2.26. The zero-order chi connectivity index (χ0) is 14.0. The average Bonchev–Trinajstić information content (AvgIpc) is 2.76. The second-order valence-electron chi connectivity index (χ2n) is 5.79. The van der Waals surface area contributed by atoms with Crippen LogP contribution in [0.5, 0.6) is 0 Å². The summed E-state index contributed by atoms with van der Waals surface area (Å²) in [6, 6.07) is 0.287. The lowest BCUT2D eigenvalue weighted by Crippen LogP contribution is -2.31. The van der Waals surface area contributed by atoms with E-state index in [4.69, 9.17) is 0 Å². The fraction of sp³-hybridized carbons (Fsp3) is 0.615. The Morgan fingerprint density at radius 1 is 1.32 bits per heavy atom. The van der Waals surface area contributed by atoms with Crippen LogP contribution in [-0.2, 0) is 0 Å². The van der Waals surface area contributed by atoms with Crippen molar-refractivity contribution in [3.05, 3.63) is 6.20 Å². The molecule has 19 heavy (non-hydrogen) atoms. The number of H-pyrrole nitrogens is 1. The molecule has 2 rings (SSSR count). The summed E-state index contributed by atoms with van der Waals surface area (Å²) in [5.41, 5.74) is 0.897. The third-order valence-electron chi connectivity index (χ3n) is 3.30. The van der Waals surface area contributed by atoms with Gasteiger partial charge in [0.1, 0.15) is 5.82 Å². The SMILES string of the molecule is CCNc1nc(NC(C)C(C)(C)C)c2cn[nH]c2n1. The third kappa shape index (κ3) is 2.94. The molecule has 0 saturated carbocycles. The van der Waals surface area contributed by atoms with E-state index >= 15 is 0 Å². The molecular formula is C13H22N6. The summed E-state index contributed by atoms with van der Waals surface area (Å²) in [6.07, 6.45) is 1.75. The van der Waals surface area contributed by atoms with Gasteiger partial charge in [-0.05, 0) is 19.3 Å². The van der Waals surface area contributed by atoms with Crippen molar-refractivity contribution in [3.63, 3.8) is 0 Å². The quantitative estimate of drug-likeness (QED) is 0.789. The van der Waals surface area contributed by atoms with Gasteiger partial charge in [0.2, 0.25) is 5.95 Å². The monoisotopic (exact) mass is 262 g/mol. The summed E-state index contributed by atoms with van der Waals surface area (Å²) < 4.78 is 0. The Morgan fingerprint density at radius 3 is 2.68 bits per heavy atom. The van der Waals surface area contributed by atoms with Crippen LogP contribution in [0, 0.1) is 5.41 Å². The number of aromatic nitrogens is 4. The van der Waals surface area contributed by atoms with E-state index in [1.54, 1.807) is 6.20 Å². The third-order valence-corrected chi connectivity index (χ3v) is 3.30. The van der Waals surface area contributed by atoms with Crippen molar-refractivity contribution in [2.24, 2.45) is 5.41 Å². The molecule has 0 radical (unpaired) electrons. The van der Waals surface area contributed by atoms with E-state index in [-0.39, 0.29) is 11.5 Å². The zero-order valence-electron chi connectivity index (χ0n) is 12.2. The van der Waals surface area contributed by atoms with Crippen molar-refractivity contribution in [1.82, 2.24) is 20.2 Å². The molecule has 0 bridgehead atoms. The van der Waals surface area contributed by atoms with Gasteiger partial charge in [-0.2, -0.15) is 15.1 Å². The Morgan fingerprint density at radius 2 is 2.05 bits per heavy atom. The number of hydrogen-bond donors (Lipinski definition) is 3. The van der Waals surface area contributed by atoms with Crippen molar-refractivity contribution in [3.8, 4) is 0 Å². The average molecular weight is 262 g/mol. The predicted molar refractivity (Wildman–Crippen MR) is 78.4 cm³/mol. The molecule has 0 saturated heterocycles. The Bertz CT molecular complexity index is 554. The molecule has 0 aliphatic heterocycles. The van der Waals surface area contributed by atoms with Gasteiger partial charge in [0, 0.05) is 12.6 Å². The number of nitrogens with zero attached hydrogens (tertiary/aromatic N) is 3. The van der Waals surface area contributed by atoms with Gasteiger partial charge >= 0.3 is 0 Å². The van der Waals surface area contributed by atoms with Crippen LogP contribution in [0.3, 0.4) is 0 Å². The molecular weight excluding hydrogens is 240 g/mol. The van der Waals surface area contributed by atoms with E-state index in [0.717, 1.165) is 23.4 Å². The van der Waals surface area contributed by atoms with Crippen LogP contribution < -0.4 is 10.6 Å². The van der Waals surface area contributed by atoms with E-state index in [1.807, 2.05) is 6.92 Å². The largest absolute Gasteiger partial charge is 0.366 e. The fourth-order valence-electron chi connectivity index (χ4n) is 1.60. The summed E-state index contributed by atoms with van der Waals surface area (Å²) in [4.78, 5) is 8.90. The minimum Gasteiger partial charge on any atom is -0.366 e. The molecule has 2 aromatic rings. The summed E-state index contributed by atoms with van der Waals surface area (Å²) in [7, 11) is 0. The minimum absolute atomic E-state index is 0.152. The highest BCUT2D eigenvalue weighted by atomic mass is 15.2. The van der Waals surface area contributed by atoms with Crippen molar-refractivity contribution in [2.45, 2.75) is 40.7 Å². The first-order valence-electron chi connectivity index (χ1n) is 6.63. The summed E-state index contributed by atoms with van der Waals surface area (Å²) in [5.74, 6) is 1.43. The Hall–Kier alpha value is -1.85. The van der Waals surface area contributed by atoms with Crippen LogP contribution in [0.2, 0.25) is 0 Å². The van der Waals surface area contributed by atoms with Gasteiger partial charge in [-0.1, -0.05) is 20.8 Å². The number of hydrogen-bond acceptors (Lipinski definition) is 5. The normalized spacial score (nSPS) is 13.5. The van der Waals surface area contributed by atoms with Crippen molar-refractivity contribution in [1.29, 1.82) is 0 Å². The smallest absolute Gasteiger partial charge is 0.226 e. The lowest BCUT2D eigenvalue weighted by atomic mass is 9.88. The second kappa shape index (κ2) is 5.03. The Labute approximate surface area is 113 Å². The number of anilines is 2. The van der Waals surface area contributed by atoms with Crippen molar-refractivity contribution >= 4 is 22.8 Å². The first kappa shape index (κ1) is 13.6. The molecule has 6 nitrogen and oxygen atoms in total. The molecule has 1 unspecified atom stereocenters. The maximum atomic E-state index is 4.52. The Balaban J connectivity index is 2.37. The van der Waals surface area contributed by atoms with Gasteiger partial charge < -0.3 is 10.6 Å². The van der Waals surface area contributed by atoms with Gasteiger partial charge in [-0.25, -0.2) is 0 Å². The van der Waals surface area contributed by atoms with Gasteiger partial charge in [-0.3, -0.25) is 5.10 Å². The summed E-state index contributed by atoms with van der Waals surface area (Å²) in [6.45, 7) is 11.6. The topological polar surface area (TPSA) is 78.5 Å². The standard InChI is InChI=1S/C13H22N6/c1-6-14-12-17-10(16-8(2)13(3,4)5)9-7-15-19-11(9)18-12/h7-8H,6H2,1-5H3,(H3,14,15,16,17,18,19). The minimum atomic E-state index is 0.152. The summed E-state index contributed by atoms with van der Waals surface area (Å²) >= 11 is 0. The molecule has 0 fully saturated rings. The molecule has 3 N–H and O–H groups in total. The lowest BCUT2D eigenvalue weighted by Gasteiger charge is -2.28. The van der Waals surface area contributed by atoms with Gasteiger partial charge in [0.05, 0.1) is 11.6 Å². The highest BCUT2D eigenvalue weighted by molar-refractivity contribution is 5.87. The van der Waals surface area contributed by atoms with E-state index < -0.39 is 0 Å². The van der Waals surface area contributed by atoms with Crippen molar-refractivity contribution in [2.75, 3.05) is 17.2 Å². The number of rotatable bonds is 4. The number of fused-ring (bicyclic) bond motifs is 1. The van der Waals surface area contributed by atoms with E-state index in [9.17, 15) is 0 Å². The van der Waals surface area contributed by atoms with E-state index in [0.29, 0.717) is 5.95 Å². The molecule has 0 aromatic carbocycles. The maximum absolute atomic E-state index is 4.52. The van der Waals surface area contributed by atoms with Gasteiger partial charge in [-0.15, -0.1) is 0 Å². The van der Waals surface area contributed by atoms with Gasteiger partial charge in [0.15, 0.2) is 5.65 Å². The molecule has 104 valence electrons. The second-order valence-corrected chi connectivity index (χ2v) is 5.79. The number of nitrogens with one attached hydrogen (secondary N) is 3. The molecule has 0 aliphatic rings. The Kier molecular flexibility index (Phi) is 3.59. The molecule has 2 aromatic heterocycles. The zero-order valence-corrected chi connectivity index (χ0v) is 12.2. The molecule has 2 heterocycles. The maximum Gasteiger partial charge on any atom is 0.226 e. The van der Waals surface area contributed by atoms with Crippen LogP contribution in [0.1, 0.15) is 34.6 Å². The van der Waals surface area contributed by atoms with E-state index in [1.165, 1.54) is 0 Å². The highest BCUT2D eigenvalue weighted by Gasteiger charge is 2.21. The summed E-state index contributed by atoms with van der Waals surface area (Å²) in [5, 5.41) is 14.4. The van der Waals surface area contributed by atoms with E-state index in [2.05, 4.69) is 58.5 Å². The molecule has 1 atom stereocenters. The van der Waals surface area contributed by atoms with Crippen LogP contribution in [-0.4, -0.2) is 32.8 Å². The molecule has 0 spiro atoms. The first-order valence-corrected chi connectivity index (χ1v) is 6.63. The lowest BCUT2D eigenvalue weighted by molar-refractivity contribution is 0.359. The van der Waals surface area contributed by atoms with Crippen LogP contribution in [0.15, 0.2) is 6.20 Å². The van der Waals surface area contributed by atoms with Crippen LogP contribution >= 0.6 is 0 Å². The fourth-order valence-corrected chi connectivity index (χ4v) is 1.60. The predicted octanol–water partition coefficient (Wildman–Crippen LogP) is 2.63. The van der Waals surface area contributed by atoms with Crippen LogP contribution in [0.4, 0.5) is 11.8 Å². The first-order chi connectivity index (χ1) is 8.91. The number of aromatic amines is 1. The molecule has 0 amide bonds. The van der Waals surface area contributed by atoms with Gasteiger partial charge in [0.25, 0.3) is 0 Å². The molecule has 0 aliphatic carbocycles. The van der Waals surface area contributed by atoms with Crippen LogP contribution in [0.25, 0.3) is 11.0 Å². The molecule has 6 heteroatoms.